The van der Waals surface area contributed by atoms with E-state index in [-0.39, 0.29) is 35.9 Å². The van der Waals surface area contributed by atoms with Gasteiger partial charge in [0.15, 0.2) is 0 Å². The lowest BCUT2D eigenvalue weighted by molar-refractivity contribution is -0.124. The van der Waals surface area contributed by atoms with Crippen LogP contribution in [0.2, 0.25) is 0 Å². The Balaban J connectivity index is 1.80. The van der Waals surface area contributed by atoms with E-state index in [2.05, 4.69) is 0 Å². The molecule has 0 N–H and O–H groups in total. The summed E-state index contributed by atoms with van der Waals surface area (Å²) in [6.45, 7) is 3.93. The molecule has 4 rings (SSSR count). The van der Waals surface area contributed by atoms with Crippen molar-refractivity contribution in [2.75, 3.05) is 4.90 Å². The van der Waals surface area contributed by atoms with Crippen LogP contribution < -0.4 is 4.90 Å². The fraction of sp³-hybridized carbons (Fsp3) is 0.375. The van der Waals surface area contributed by atoms with Crippen LogP contribution in [0.3, 0.4) is 0 Å². The lowest BCUT2D eigenvalue weighted by Crippen LogP contribution is -2.35. The van der Waals surface area contributed by atoms with Crippen molar-refractivity contribution in [3.63, 3.8) is 0 Å². The second kappa shape index (κ2) is 3.79. The summed E-state index contributed by atoms with van der Waals surface area (Å²) in [7, 11) is 0. The van der Waals surface area contributed by atoms with E-state index in [1.165, 1.54) is 4.90 Å². The highest BCUT2D eigenvalue weighted by atomic mass is 16.5. The lowest BCUT2D eigenvalue weighted by atomic mass is 9.85. The molecule has 4 nitrogen and oxygen atoms in total. The van der Waals surface area contributed by atoms with Crippen molar-refractivity contribution in [3.05, 3.63) is 41.5 Å². The molecule has 4 heteroatoms. The van der Waals surface area contributed by atoms with E-state index in [1.54, 1.807) is 0 Å². The van der Waals surface area contributed by atoms with E-state index in [9.17, 15) is 9.59 Å². The zero-order chi connectivity index (χ0) is 14.0. The van der Waals surface area contributed by atoms with Gasteiger partial charge in [-0.05, 0) is 31.0 Å². The summed E-state index contributed by atoms with van der Waals surface area (Å²) in [5, 5.41) is 0. The first-order chi connectivity index (χ1) is 9.59. The number of rotatable bonds is 1. The minimum Gasteiger partial charge on any atom is -0.365 e. The van der Waals surface area contributed by atoms with Crippen LogP contribution in [0.15, 0.2) is 30.4 Å². The van der Waals surface area contributed by atoms with E-state index in [4.69, 9.17) is 4.74 Å². The zero-order valence-corrected chi connectivity index (χ0v) is 11.4. The maximum atomic E-state index is 12.6. The zero-order valence-electron chi connectivity index (χ0n) is 11.4. The third kappa shape index (κ3) is 1.29. The molecule has 2 amide bonds. The molecular weight excluding hydrogens is 254 g/mol. The van der Waals surface area contributed by atoms with E-state index in [0.29, 0.717) is 5.69 Å². The number of hydrogen-bond donors (Lipinski definition) is 0. The van der Waals surface area contributed by atoms with Crippen LogP contribution in [0.4, 0.5) is 5.69 Å². The summed E-state index contributed by atoms with van der Waals surface area (Å²) in [5.41, 5.74) is 2.78. The van der Waals surface area contributed by atoms with Crippen LogP contribution in [0.5, 0.6) is 0 Å². The third-order valence-electron chi connectivity index (χ3n) is 4.73. The topological polar surface area (TPSA) is 46.6 Å². The molecule has 20 heavy (non-hydrogen) atoms. The highest BCUT2D eigenvalue weighted by molar-refractivity contribution is 6.23. The molecule has 0 unspecified atom stereocenters. The summed E-state index contributed by atoms with van der Waals surface area (Å²) in [4.78, 5) is 26.7. The Bertz CT molecular complexity index is 634. The molecule has 3 aliphatic heterocycles. The van der Waals surface area contributed by atoms with E-state index in [1.807, 2.05) is 44.2 Å². The van der Waals surface area contributed by atoms with Gasteiger partial charge in [-0.25, -0.2) is 4.90 Å². The number of amides is 2. The molecule has 2 saturated heterocycles. The van der Waals surface area contributed by atoms with Gasteiger partial charge in [-0.15, -0.1) is 0 Å². The standard InChI is InChI=1S/C16H15NO3/c1-8-4-3-5-10(9(8)2)17-15(18)13-11-6-7-12(20-11)14(13)16(17)19/h3-7,11-14H,1-2H3/t11-,12-,13-,14-/m0/s1. The fourth-order valence-corrected chi connectivity index (χ4v) is 3.52. The number of carbonyl (C=O) groups is 2. The molecule has 4 atom stereocenters. The molecule has 0 saturated carbocycles. The summed E-state index contributed by atoms with van der Waals surface area (Å²) < 4.78 is 5.64. The molecule has 1 aromatic carbocycles. The predicted molar refractivity (Wildman–Crippen MR) is 73.2 cm³/mol. The summed E-state index contributed by atoms with van der Waals surface area (Å²) in [5.74, 6) is -0.911. The van der Waals surface area contributed by atoms with Crippen molar-refractivity contribution in [3.8, 4) is 0 Å². The SMILES string of the molecule is Cc1cccc(N2C(=O)[C@@H]3[C@@H](C2=O)[C@@H]2C=C[C@@H]3O2)c1C. The van der Waals surface area contributed by atoms with E-state index >= 15 is 0 Å². The number of nitrogens with zero attached hydrogens (tertiary/aromatic N) is 1. The summed E-state index contributed by atoms with van der Waals surface area (Å²) >= 11 is 0. The number of fused-ring (bicyclic) bond motifs is 5. The Morgan fingerprint density at radius 2 is 1.60 bits per heavy atom. The molecule has 2 fully saturated rings. The Morgan fingerprint density at radius 3 is 2.20 bits per heavy atom. The van der Waals surface area contributed by atoms with Crippen molar-refractivity contribution >= 4 is 17.5 Å². The summed E-state index contributed by atoms with van der Waals surface area (Å²) in [6, 6.07) is 5.71. The second-order valence-electron chi connectivity index (χ2n) is 5.73. The Morgan fingerprint density at radius 1 is 1.00 bits per heavy atom. The molecule has 0 spiro atoms. The van der Waals surface area contributed by atoms with Gasteiger partial charge in [0.2, 0.25) is 11.8 Å². The van der Waals surface area contributed by atoms with Gasteiger partial charge in [0.25, 0.3) is 0 Å². The van der Waals surface area contributed by atoms with Crippen LogP contribution in [0.25, 0.3) is 0 Å². The Hall–Kier alpha value is -1.94. The monoisotopic (exact) mass is 269 g/mol. The molecule has 0 aliphatic carbocycles. The maximum Gasteiger partial charge on any atom is 0.240 e. The molecule has 3 heterocycles. The summed E-state index contributed by atoms with van der Waals surface area (Å²) in [6.07, 6.45) is 3.36. The largest absolute Gasteiger partial charge is 0.365 e. The molecule has 3 aliphatic rings. The first-order valence-electron chi connectivity index (χ1n) is 6.87. The first kappa shape index (κ1) is 11.9. The predicted octanol–water partition coefficient (Wildman–Crippen LogP) is 1.75. The van der Waals surface area contributed by atoms with Gasteiger partial charge in [0.1, 0.15) is 0 Å². The number of imide groups is 1. The van der Waals surface area contributed by atoms with Gasteiger partial charge in [0, 0.05) is 0 Å². The Kier molecular flexibility index (Phi) is 2.25. The van der Waals surface area contributed by atoms with Gasteiger partial charge in [-0.3, -0.25) is 9.59 Å². The first-order valence-corrected chi connectivity index (χ1v) is 6.87. The average molecular weight is 269 g/mol. The lowest BCUT2D eigenvalue weighted by Gasteiger charge is -2.20. The smallest absolute Gasteiger partial charge is 0.240 e. The number of benzene rings is 1. The van der Waals surface area contributed by atoms with Crippen molar-refractivity contribution in [1.82, 2.24) is 0 Å². The number of aryl methyl sites for hydroxylation is 1. The van der Waals surface area contributed by atoms with Crippen molar-refractivity contribution in [2.45, 2.75) is 26.1 Å². The van der Waals surface area contributed by atoms with Gasteiger partial charge < -0.3 is 4.74 Å². The number of hydrogen-bond acceptors (Lipinski definition) is 3. The third-order valence-corrected chi connectivity index (χ3v) is 4.73. The van der Waals surface area contributed by atoms with Crippen LogP contribution in [0, 0.1) is 25.7 Å². The molecule has 2 bridgehead atoms. The normalized spacial score (nSPS) is 34.2. The van der Waals surface area contributed by atoms with Crippen LogP contribution in [-0.4, -0.2) is 24.0 Å². The highest BCUT2D eigenvalue weighted by Crippen LogP contribution is 2.46. The van der Waals surface area contributed by atoms with Crippen LogP contribution >= 0.6 is 0 Å². The fourth-order valence-electron chi connectivity index (χ4n) is 3.52. The van der Waals surface area contributed by atoms with Gasteiger partial charge >= 0.3 is 0 Å². The van der Waals surface area contributed by atoms with Crippen LogP contribution in [0.1, 0.15) is 11.1 Å². The van der Waals surface area contributed by atoms with Gasteiger partial charge in [-0.2, -0.15) is 0 Å². The molecule has 102 valence electrons. The molecule has 0 radical (unpaired) electrons. The minimum atomic E-state index is -0.336. The van der Waals surface area contributed by atoms with Gasteiger partial charge in [-0.1, -0.05) is 24.3 Å². The molecule has 1 aromatic rings. The average Bonchev–Trinajstić information content (AvgIpc) is 3.09. The van der Waals surface area contributed by atoms with E-state index < -0.39 is 0 Å². The molecule has 0 aromatic heterocycles. The van der Waals surface area contributed by atoms with Gasteiger partial charge in [0.05, 0.1) is 29.7 Å². The van der Waals surface area contributed by atoms with Crippen molar-refractivity contribution < 1.29 is 14.3 Å². The van der Waals surface area contributed by atoms with E-state index in [0.717, 1.165) is 11.1 Å². The Labute approximate surface area is 117 Å². The van der Waals surface area contributed by atoms with Crippen LogP contribution in [-0.2, 0) is 14.3 Å². The minimum absolute atomic E-state index is 0.120. The molecular formula is C16H15NO3. The quantitative estimate of drug-likeness (QED) is 0.576. The number of carbonyl (C=O) groups excluding carboxylic acids is 2. The number of anilines is 1. The maximum absolute atomic E-state index is 12.6. The van der Waals surface area contributed by atoms with Crippen molar-refractivity contribution in [1.29, 1.82) is 0 Å². The second-order valence-corrected chi connectivity index (χ2v) is 5.73. The van der Waals surface area contributed by atoms with Crippen molar-refractivity contribution in [2.24, 2.45) is 11.8 Å². The highest BCUT2D eigenvalue weighted by Gasteiger charge is 2.61. The number of ether oxygens (including phenoxy) is 1.